The quantitative estimate of drug-likeness (QED) is 0.484. The minimum Gasteiger partial charge on any atom is -0.298 e. The number of hydrogen-bond acceptors (Lipinski definition) is 1. The maximum atomic E-state index is 11.6. The summed E-state index contributed by atoms with van der Waals surface area (Å²) in [5, 5.41) is 0. The summed E-state index contributed by atoms with van der Waals surface area (Å²) in [6.45, 7) is 4.26. The van der Waals surface area contributed by atoms with Gasteiger partial charge in [-0.05, 0) is 26.7 Å². The number of carbonyl (C=O) groups is 1. The molecule has 0 aromatic heterocycles. The van der Waals surface area contributed by atoms with Gasteiger partial charge in [-0.3, -0.25) is 4.79 Å². The van der Waals surface area contributed by atoms with Gasteiger partial charge in [-0.1, -0.05) is 17.6 Å². The van der Waals surface area contributed by atoms with Gasteiger partial charge in [-0.15, -0.1) is 0 Å². The second kappa shape index (κ2) is 2.20. The van der Waals surface area contributed by atoms with E-state index < -0.39 is 0 Å². The van der Waals surface area contributed by atoms with Crippen LogP contribution < -0.4 is 0 Å². The Morgan fingerprint density at radius 3 is 1.91 bits per heavy atom. The van der Waals surface area contributed by atoms with Crippen LogP contribution in [0.15, 0.2) is 11.1 Å². The Hall–Kier alpha value is -0.590. The van der Waals surface area contributed by atoms with E-state index in [1.165, 1.54) is 17.6 Å². The molecule has 0 aromatic carbocycles. The number of carbonyl (C=O) groups excluding carboxylic acids is 1. The van der Waals surface area contributed by atoms with E-state index in [4.69, 9.17) is 0 Å². The molecule has 2 bridgehead atoms. The molecular formula is C10H14O. The summed E-state index contributed by atoms with van der Waals surface area (Å²) in [4.78, 5) is 11.6. The highest BCUT2D eigenvalue weighted by molar-refractivity contribution is 5.92. The molecule has 0 radical (unpaired) electrons. The summed E-state index contributed by atoms with van der Waals surface area (Å²) >= 11 is 0. The van der Waals surface area contributed by atoms with Crippen LogP contribution in [0.5, 0.6) is 0 Å². The van der Waals surface area contributed by atoms with Gasteiger partial charge in [-0.25, -0.2) is 0 Å². The summed E-state index contributed by atoms with van der Waals surface area (Å²) in [5.41, 5.74) is 2.75. The maximum absolute atomic E-state index is 11.6. The zero-order valence-corrected chi connectivity index (χ0v) is 7.18. The molecule has 2 atom stereocenters. The van der Waals surface area contributed by atoms with Crippen molar-refractivity contribution >= 4 is 5.78 Å². The predicted octanol–water partition coefficient (Wildman–Crippen LogP) is 2.32. The van der Waals surface area contributed by atoms with Gasteiger partial charge in [0.2, 0.25) is 0 Å². The summed E-state index contributed by atoms with van der Waals surface area (Å²) < 4.78 is 0. The molecule has 0 saturated heterocycles. The Balaban J connectivity index is 2.41. The molecule has 2 aliphatic carbocycles. The molecule has 1 saturated carbocycles. The highest BCUT2D eigenvalue weighted by Crippen LogP contribution is 2.42. The van der Waals surface area contributed by atoms with Gasteiger partial charge in [0.25, 0.3) is 0 Å². The number of Topliss-reactive ketones (excluding diaryl/α,β-unsaturated/α-hetero) is 1. The van der Waals surface area contributed by atoms with Crippen molar-refractivity contribution in [3.63, 3.8) is 0 Å². The molecule has 1 heteroatoms. The van der Waals surface area contributed by atoms with E-state index in [0.717, 1.165) is 12.8 Å². The first-order chi connectivity index (χ1) is 5.22. The third-order valence-corrected chi connectivity index (χ3v) is 3.34. The van der Waals surface area contributed by atoms with Crippen LogP contribution >= 0.6 is 0 Å². The first kappa shape index (κ1) is 7.08. The Labute approximate surface area is 67.5 Å². The predicted molar refractivity (Wildman–Crippen MR) is 44.2 cm³/mol. The van der Waals surface area contributed by atoms with E-state index in [1.54, 1.807) is 0 Å². The largest absolute Gasteiger partial charge is 0.298 e. The van der Waals surface area contributed by atoms with Crippen LogP contribution in [-0.4, -0.2) is 5.78 Å². The Bertz CT molecular complexity index is 215. The highest BCUT2D eigenvalue weighted by atomic mass is 16.1. The van der Waals surface area contributed by atoms with Gasteiger partial charge in [0, 0.05) is 11.8 Å². The van der Waals surface area contributed by atoms with Crippen LogP contribution in [0.2, 0.25) is 0 Å². The van der Waals surface area contributed by atoms with Crippen molar-refractivity contribution in [2.75, 3.05) is 0 Å². The molecule has 0 aromatic rings. The van der Waals surface area contributed by atoms with E-state index >= 15 is 0 Å². The minimum atomic E-state index is 0.314. The van der Waals surface area contributed by atoms with E-state index in [0.29, 0.717) is 17.6 Å². The molecule has 0 heterocycles. The van der Waals surface area contributed by atoms with Crippen molar-refractivity contribution in [2.24, 2.45) is 11.8 Å². The minimum absolute atomic E-state index is 0.314. The zero-order chi connectivity index (χ0) is 8.01. The normalized spacial score (nSPS) is 36.7. The monoisotopic (exact) mass is 150 g/mol. The molecule has 2 unspecified atom stereocenters. The van der Waals surface area contributed by atoms with Crippen molar-refractivity contribution in [2.45, 2.75) is 33.1 Å². The fourth-order valence-corrected chi connectivity index (χ4v) is 2.46. The Kier molecular flexibility index (Phi) is 1.41. The van der Waals surface area contributed by atoms with Crippen molar-refractivity contribution < 1.29 is 4.79 Å². The molecule has 0 spiro atoms. The maximum Gasteiger partial charge on any atom is 0.147 e. The van der Waals surface area contributed by atoms with Crippen LogP contribution in [0.25, 0.3) is 0 Å². The molecule has 11 heavy (non-hydrogen) atoms. The topological polar surface area (TPSA) is 17.1 Å². The van der Waals surface area contributed by atoms with Gasteiger partial charge in [-0.2, -0.15) is 0 Å². The van der Waals surface area contributed by atoms with Crippen molar-refractivity contribution in [1.29, 1.82) is 0 Å². The number of allylic oxidation sites excluding steroid dienone is 2. The number of ketones is 1. The lowest BCUT2D eigenvalue weighted by atomic mass is 9.84. The highest BCUT2D eigenvalue weighted by Gasteiger charge is 2.39. The second-order valence-corrected chi connectivity index (χ2v) is 3.80. The lowest BCUT2D eigenvalue weighted by Crippen LogP contribution is -2.22. The smallest absolute Gasteiger partial charge is 0.147 e. The molecule has 2 rings (SSSR count). The fraction of sp³-hybridized carbons (Fsp3) is 0.700. The number of rotatable bonds is 0. The third-order valence-electron chi connectivity index (χ3n) is 3.34. The lowest BCUT2D eigenvalue weighted by molar-refractivity contribution is -0.125. The van der Waals surface area contributed by atoms with Gasteiger partial charge in [0.15, 0.2) is 0 Å². The van der Waals surface area contributed by atoms with Crippen molar-refractivity contribution in [1.82, 2.24) is 0 Å². The average molecular weight is 150 g/mol. The second-order valence-electron chi connectivity index (χ2n) is 3.80. The van der Waals surface area contributed by atoms with Gasteiger partial charge in [0.05, 0.1) is 0 Å². The van der Waals surface area contributed by atoms with E-state index in [2.05, 4.69) is 13.8 Å². The van der Waals surface area contributed by atoms with Crippen LogP contribution in [-0.2, 0) is 4.79 Å². The number of fused-ring (bicyclic) bond motifs is 2. The standard InChI is InChI=1S/C10H14O/c1-6-7(2)9-5-3-4-8(6)10(9)11/h8-9H,3-5H2,1-2H3. The fourth-order valence-electron chi connectivity index (χ4n) is 2.46. The third kappa shape index (κ3) is 0.800. The van der Waals surface area contributed by atoms with Crippen LogP contribution in [0.1, 0.15) is 33.1 Å². The first-order valence-corrected chi connectivity index (χ1v) is 4.43. The molecule has 2 aliphatic rings. The van der Waals surface area contributed by atoms with Crippen molar-refractivity contribution in [3.8, 4) is 0 Å². The number of hydrogen-bond donors (Lipinski definition) is 0. The van der Waals surface area contributed by atoms with E-state index in [9.17, 15) is 4.79 Å². The van der Waals surface area contributed by atoms with Gasteiger partial charge >= 0.3 is 0 Å². The summed E-state index contributed by atoms with van der Waals surface area (Å²) in [5.74, 6) is 1.13. The average Bonchev–Trinajstić information content (AvgIpc) is 2.19. The van der Waals surface area contributed by atoms with Gasteiger partial charge < -0.3 is 0 Å². The van der Waals surface area contributed by atoms with Crippen LogP contribution in [0, 0.1) is 11.8 Å². The zero-order valence-electron chi connectivity index (χ0n) is 7.18. The lowest BCUT2D eigenvalue weighted by Gasteiger charge is -2.18. The van der Waals surface area contributed by atoms with Gasteiger partial charge in [0.1, 0.15) is 5.78 Å². The summed E-state index contributed by atoms with van der Waals surface area (Å²) in [6, 6.07) is 0. The molecule has 0 amide bonds. The van der Waals surface area contributed by atoms with Crippen LogP contribution in [0.4, 0.5) is 0 Å². The molecule has 1 nitrogen and oxygen atoms in total. The van der Waals surface area contributed by atoms with Crippen molar-refractivity contribution in [3.05, 3.63) is 11.1 Å². The summed E-state index contributed by atoms with van der Waals surface area (Å²) in [6.07, 6.45) is 3.47. The van der Waals surface area contributed by atoms with E-state index in [1.807, 2.05) is 0 Å². The Morgan fingerprint density at radius 2 is 1.55 bits per heavy atom. The van der Waals surface area contributed by atoms with E-state index in [-0.39, 0.29) is 0 Å². The Morgan fingerprint density at radius 1 is 1.09 bits per heavy atom. The molecule has 1 fully saturated rings. The molecule has 0 aliphatic heterocycles. The SMILES string of the molecule is CC1=C(C)C2CCCC1C2=O. The molecular weight excluding hydrogens is 136 g/mol. The molecule has 60 valence electrons. The summed E-state index contributed by atoms with van der Waals surface area (Å²) in [7, 11) is 0. The first-order valence-electron chi connectivity index (χ1n) is 4.43. The van der Waals surface area contributed by atoms with Crippen LogP contribution in [0.3, 0.4) is 0 Å². The molecule has 0 N–H and O–H groups in total.